The molecule has 146 valence electrons. The molecule has 0 N–H and O–H groups in total. The normalized spacial score (nSPS) is 26.3. The van der Waals surface area contributed by atoms with Gasteiger partial charge in [0.2, 0.25) is 0 Å². The molecule has 0 unspecified atom stereocenters. The van der Waals surface area contributed by atoms with E-state index in [-0.39, 0.29) is 24.6 Å². The number of ether oxygens (including phenoxy) is 4. The van der Waals surface area contributed by atoms with Crippen LogP contribution in [0.5, 0.6) is 0 Å². The predicted octanol–water partition coefficient (Wildman–Crippen LogP) is 5.09. The van der Waals surface area contributed by atoms with Gasteiger partial charge in [0.1, 0.15) is 12.2 Å². The third-order valence-corrected chi connectivity index (χ3v) is 5.64. The number of hydrogen-bond acceptors (Lipinski definition) is 4. The first-order valence-corrected chi connectivity index (χ1v) is 10.9. The molecular formula is C22H27IO4. The van der Waals surface area contributed by atoms with Gasteiger partial charge in [-0.05, 0) is 17.5 Å². The lowest BCUT2D eigenvalue weighted by molar-refractivity contribution is -0.230. The molecule has 27 heavy (non-hydrogen) atoms. The SMILES string of the molecule is COCCO[C@@H]1CC[C@H](CI)O[C@H](c2ccccc2)[C@@H](c2ccccc2)O1. The van der Waals surface area contributed by atoms with Crippen LogP contribution in [0, 0.1) is 0 Å². The molecule has 4 atom stereocenters. The van der Waals surface area contributed by atoms with Crippen molar-refractivity contribution in [1.29, 1.82) is 0 Å². The van der Waals surface area contributed by atoms with Crippen LogP contribution in [0.15, 0.2) is 60.7 Å². The molecule has 1 fully saturated rings. The van der Waals surface area contributed by atoms with Crippen molar-refractivity contribution in [1.82, 2.24) is 0 Å². The van der Waals surface area contributed by atoms with Crippen molar-refractivity contribution in [2.24, 2.45) is 0 Å². The zero-order valence-electron chi connectivity index (χ0n) is 15.6. The van der Waals surface area contributed by atoms with E-state index in [1.807, 2.05) is 36.4 Å². The van der Waals surface area contributed by atoms with E-state index in [1.54, 1.807) is 7.11 Å². The first kappa shape index (κ1) is 20.7. The van der Waals surface area contributed by atoms with Gasteiger partial charge in [-0.3, -0.25) is 0 Å². The van der Waals surface area contributed by atoms with Gasteiger partial charge >= 0.3 is 0 Å². The Balaban J connectivity index is 1.91. The maximum Gasteiger partial charge on any atom is 0.158 e. The smallest absolute Gasteiger partial charge is 0.158 e. The highest BCUT2D eigenvalue weighted by Gasteiger charge is 2.34. The molecule has 3 rings (SSSR count). The summed E-state index contributed by atoms with van der Waals surface area (Å²) >= 11 is 2.40. The molecule has 1 saturated heterocycles. The van der Waals surface area contributed by atoms with E-state index in [2.05, 4.69) is 46.9 Å². The Hall–Kier alpha value is -0.990. The molecule has 0 aromatic heterocycles. The number of alkyl halides is 1. The molecular weight excluding hydrogens is 455 g/mol. The van der Waals surface area contributed by atoms with Gasteiger partial charge in [-0.25, -0.2) is 0 Å². The van der Waals surface area contributed by atoms with E-state index in [1.165, 1.54) is 0 Å². The molecule has 0 spiro atoms. The van der Waals surface area contributed by atoms with Gasteiger partial charge < -0.3 is 18.9 Å². The molecule has 2 aromatic carbocycles. The third-order valence-electron chi connectivity index (χ3n) is 4.66. The summed E-state index contributed by atoms with van der Waals surface area (Å²) < 4.78 is 25.1. The van der Waals surface area contributed by atoms with Crippen LogP contribution in [0.1, 0.15) is 36.2 Å². The Kier molecular flexibility index (Phi) is 8.54. The summed E-state index contributed by atoms with van der Waals surface area (Å²) in [7, 11) is 1.68. The van der Waals surface area contributed by atoms with E-state index < -0.39 is 0 Å². The molecule has 1 aliphatic rings. The van der Waals surface area contributed by atoms with Crippen molar-refractivity contribution in [3.63, 3.8) is 0 Å². The van der Waals surface area contributed by atoms with Crippen LogP contribution in [0.25, 0.3) is 0 Å². The standard InChI is InChI=1S/C22H27IO4/c1-24-14-15-25-20-13-12-19(16-23)26-21(17-8-4-2-5-9-17)22(27-20)18-10-6-3-7-11-18/h2-11,19-22H,12-16H2,1H3/t19-,20+,21-,22-/m1/s1. The van der Waals surface area contributed by atoms with Crippen molar-refractivity contribution in [2.75, 3.05) is 24.8 Å². The Morgan fingerprint density at radius 1 is 0.852 bits per heavy atom. The summed E-state index contributed by atoms with van der Waals surface area (Å²) in [6.45, 7) is 1.08. The van der Waals surface area contributed by atoms with E-state index in [0.29, 0.717) is 13.2 Å². The van der Waals surface area contributed by atoms with Crippen LogP contribution in [-0.4, -0.2) is 37.1 Å². The first-order valence-electron chi connectivity index (χ1n) is 9.39. The van der Waals surface area contributed by atoms with Crippen LogP contribution >= 0.6 is 22.6 Å². The number of rotatable bonds is 7. The van der Waals surface area contributed by atoms with Crippen molar-refractivity contribution >= 4 is 22.6 Å². The Bertz CT molecular complexity index is 652. The Morgan fingerprint density at radius 3 is 2.00 bits per heavy atom. The van der Waals surface area contributed by atoms with Gasteiger partial charge in [0.05, 0.1) is 19.3 Å². The number of hydrogen-bond donors (Lipinski definition) is 0. The zero-order chi connectivity index (χ0) is 18.9. The van der Waals surface area contributed by atoms with E-state index >= 15 is 0 Å². The van der Waals surface area contributed by atoms with Gasteiger partial charge in [-0.15, -0.1) is 0 Å². The quantitative estimate of drug-likeness (QED) is 0.313. The number of halogens is 1. The lowest BCUT2D eigenvalue weighted by atomic mass is 9.96. The lowest BCUT2D eigenvalue weighted by Crippen LogP contribution is -2.33. The second-order valence-electron chi connectivity index (χ2n) is 6.58. The van der Waals surface area contributed by atoms with E-state index in [4.69, 9.17) is 18.9 Å². The van der Waals surface area contributed by atoms with Gasteiger partial charge in [0.25, 0.3) is 0 Å². The summed E-state index contributed by atoms with van der Waals surface area (Å²) in [5.41, 5.74) is 2.22. The van der Waals surface area contributed by atoms with Gasteiger partial charge in [0, 0.05) is 18.0 Å². The van der Waals surface area contributed by atoms with E-state index in [9.17, 15) is 0 Å². The molecule has 0 saturated carbocycles. The molecule has 1 aliphatic heterocycles. The fraction of sp³-hybridized carbons (Fsp3) is 0.455. The minimum absolute atomic E-state index is 0.166. The predicted molar refractivity (Wildman–Crippen MR) is 114 cm³/mol. The molecule has 0 amide bonds. The van der Waals surface area contributed by atoms with Gasteiger partial charge in [-0.2, -0.15) is 0 Å². The van der Waals surface area contributed by atoms with Crippen molar-refractivity contribution in [3.05, 3.63) is 71.8 Å². The Labute approximate surface area is 175 Å². The third kappa shape index (κ3) is 5.99. The fourth-order valence-electron chi connectivity index (χ4n) is 3.26. The minimum atomic E-state index is -0.272. The zero-order valence-corrected chi connectivity index (χ0v) is 17.8. The molecule has 0 bridgehead atoms. The highest BCUT2D eigenvalue weighted by atomic mass is 127. The number of benzene rings is 2. The second kappa shape index (κ2) is 11.1. The molecule has 0 radical (unpaired) electrons. The average Bonchev–Trinajstić information content (AvgIpc) is 2.71. The molecule has 5 heteroatoms. The topological polar surface area (TPSA) is 36.9 Å². The van der Waals surface area contributed by atoms with Crippen LogP contribution in [0.2, 0.25) is 0 Å². The summed E-state index contributed by atoms with van der Waals surface area (Å²) in [6, 6.07) is 20.6. The van der Waals surface area contributed by atoms with Crippen LogP contribution in [0.4, 0.5) is 0 Å². The number of methoxy groups -OCH3 is 1. The molecule has 0 aliphatic carbocycles. The summed E-state index contributed by atoms with van der Waals surface area (Å²) in [5, 5.41) is 0. The van der Waals surface area contributed by atoms with Crippen molar-refractivity contribution < 1.29 is 18.9 Å². The Morgan fingerprint density at radius 2 is 1.44 bits per heavy atom. The fourth-order valence-corrected chi connectivity index (χ4v) is 3.91. The minimum Gasteiger partial charge on any atom is -0.382 e. The average molecular weight is 482 g/mol. The van der Waals surface area contributed by atoms with Crippen LogP contribution < -0.4 is 0 Å². The van der Waals surface area contributed by atoms with Gasteiger partial charge in [-0.1, -0.05) is 83.3 Å². The van der Waals surface area contributed by atoms with Crippen LogP contribution in [-0.2, 0) is 18.9 Å². The maximum absolute atomic E-state index is 6.55. The lowest BCUT2D eigenvalue weighted by Gasteiger charge is -2.36. The monoisotopic (exact) mass is 482 g/mol. The second-order valence-corrected chi connectivity index (χ2v) is 7.46. The van der Waals surface area contributed by atoms with Gasteiger partial charge in [0.15, 0.2) is 6.29 Å². The molecule has 4 nitrogen and oxygen atoms in total. The van der Waals surface area contributed by atoms with Crippen LogP contribution in [0.3, 0.4) is 0 Å². The first-order chi connectivity index (χ1) is 13.3. The largest absolute Gasteiger partial charge is 0.382 e. The van der Waals surface area contributed by atoms with Crippen molar-refractivity contribution in [2.45, 2.75) is 37.4 Å². The van der Waals surface area contributed by atoms with Crippen molar-refractivity contribution in [3.8, 4) is 0 Å². The maximum atomic E-state index is 6.55. The molecule has 1 heterocycles. The summed E-state index contributed by atoms with van der Waals surface area (Å²) in [6.07, 6.45) is 1.20. The highest BCUT2D eigenvalue weighted by Crippen LogP contribution is 2.40. The summed E-state index contributed by atoms with van der Waals surface area (Å²) in [4.78, 5) is 0. The highest BCUT2D eigenvalue weighted by molar-refractivity contribution is 14.1. The summed E-state index contributed by atoms with van der Waals surface area (Å²) in [5.74, 6) is 0. The molecule has 2 aromatic rings. The van der Waals surface area contributed by atoms with E-state index in [0.717, 1.165) is 28.4 Å².